The number of nitrogens with zero attached hydrogens (tertiary/aromatic N) is 1. The van der Waals surface area contributed by atoms with Gasteiger partial charge in [0.15, 0.2) is 0 Å². The third-order valence-corrected chi connectivity index (χ3v) is 8.22. The van der Waals surface area contributed by atoms with Gasteiger partial charge in [-0.2, -0.15) is 0 Å². The van der Waals surface area contributed by atoms with Crippen LogP contribution in [-0.2, 0) is 35.5 Å². The highest BCUT2D eigenvalue weighted by Crippen LogP contribution is 2.26. The first-order valence-electron chi connectivity index (χ1n) is 15.1. The summed E-state index contributed by atoms with van der Waals surface area (Å²) in [6.45, 7) is 2.97. The first kappa shape index (κ1) is 29.0. The van der Waals surface area contributed by atoms with Gasteiger partial charge in [-0.15, -0.1) is 0 Å². The molecule has 0 radical (unpaired) electrons. The number of ether oxygens (including phenoxy) is 1. The Bertz CT molecular complexity index is 1360. The van der Waals surface area contributed by atoms with Crippen molar-refractivity contribution in [1.82, 2.24) is 15.2 Å². The number of nitrogens with one attached hydrogen (secondary N) is 2. The Hall–Kier alpha value is -3.48. The number of fused-ring (bicyclic) bond motifs is 1. The minimum atomic E-state index is -0.278. The largest absolute Gasteiger partial charge is 0.367 e. The normalized spacial score (nSPS) is 14.1. The van der Waals surface area contributed by atoms with Gasteiger partial charge >= 0.3 is 0 Å². The van der Waals surface area contributed by atoms with Crippen molar-refractivity contribution in [2.75, 3.05) is 19.7 Å². The van der Waals surface area contributed by atoms with Crippen molar-refractivity contribution in [3.8, 4) is 0 Å². The van der Waals surface area contributed by atoms with Crippen LogP contribution in [0.4, 0.5) is 4.39 Å². The van der Waals surface area contributed by atoms with Crippen LogP contribution >= 0.6 is 0 Å². The van der Waals surface area contributed by atoms with E-state index in [1.54, 1.807) is 12.1 Å². The maximum atomic E-state index is 13.0. The van der Waals surface area contributed by atoms with E-state index in [2.05, 4.69) is 69.9 Å². The first-order chi connectivity index (χ1) is 20.1. The first-order valence-corrected chi connectivity index (χ1v) is 15.1. The van der Waals surface area contributed by atoms with E-state index in [1.807, 2.05) is 0 Å². The highest BCUT2D eigenvalue weighted by atomic mass is 19.1. The number of hydrogen-bond donors (Lipinski definition) is 2. The summed E-state index contributed by atoms with van der Waals surface area (Å²) in [7, 11) is 0. The highest BCUT2D eigenvalue weighted by Gasteiger charge is 2.21. The van der Waals surface area contributed by atoms with Crippen LogP contribution in [0, 0.1) is 5.82 Å². The van der Waals surface area contributed by atoms with Gasteiger partial charge in [0, 0.05) is 42.8 Å². The number of amides is 1. The van der Waals surface area contributed by atoms with Crippen molar-refractivity contribution < 1.29 is 13.9 Å². The standard InChI is InChI=1S/C35H42FN3O2/c36-31-18-16-29(17-19-31)25-41-26-35(40)37-21-6-7-27-12-14-28(15-13-27)24-39(32-8-2-1-3-9-32)22-20-30-23-38-34-11-5-4-10-33(30)34/h4-5,10-19,23,32,38H,1-3,6-9,20-22,24-26H2,(H,37,40). The Morgan fingerprint density at radius 1 is 0.902 bits per heavy atom. The second kappa shape index (κ2) is 14.9. The molecule has 0 unspecified atom stereocenters. The van der Waals surface area contributed by atoms with Gasteiger partial charge in [0.25, 0.3) is 0 Å². The van der Waals surface area contributed by atoms with Gasteiger partial charge in [-0.05, 0) is 72.6 Å². The minimum Gasteiger partial charge on any atom is -0.367 e. The molecule has 2 N–H and O–H groups in total. The summed E-state index contributed by atoms with van der Waals surface area (Å²) >= 11 is 0. The molecule has 3 aromatic carbocycles. The molecule has 0 aliphatic heterocycles. The van der Waals surface area contributed by atoms with Gasteiger partial charge in [-0.3, -0.25) is 9.69 Å². The lowest BCUT2D eigenvalue weighted by Gasteiger charge is -2.34. The Morgan fingerprint density at radius 2 is 1.63 bits per heavy atom. The predicted octanol–water partition coefficient (Wildman–Crippen LogP) is 6.95. The summed E-state index contributed by atoms with van der Waals surface area (Å²) in [5.74, 6) is -0.405. The van der Waals surface area contributed by atoms with Crippen LogP contribution in [0.1, 0.15) is 60.8 Å². The van der Waals surface area contributed by atoms with Gasteiger partial charge in [-0.25, -0.2) is 4.39 Å². The Labute approximate surface area is 243 Å². The fourth-order valence-electron chi connectivity index (χ4n) is 5.90. The molecule has 6 heteroatoms. The van der Waals surface area contributed by atoms with Gasteiger partial charge in [-0.1, -0.05) is 73.9 Å². The lowest BCUT2D eigenvalue weighted by molar-refractivity contribution is -0.126. The lowest BCUT2D eigenvalue weighted by atomic mass is 9.93. The van der Waals surface area contributed by atoms with E-state index >= 15 is 0 Å². The summed E-state index contributed by atoms with van der Waals surface area (Å²) in [6, 6.07) is 24.4. The second-order valence-electron chi connectivity index (χ2n) is 11.3. The van der Waals surface area contributed by atoms with Crippen LogP contribution in [0.3, 0.4) is 0 Å². The van der Waals surface area contributed by atoms with Crippen LogP contribution in [0.15, 0.2) is 79.0 Å². The number of aromatic nitrogens is 1. The van der Waals surface area contributed by atoms with Gasteiger partial charge in [0.1, 0.15) is 12.4 Å². The predicted molar refractivity (Wildman–Crippen MR) is 163 cm³/mol. The van der Waals surface area contributed by atoms with Crippen LogP contribution < -0.4 is 5.32 Å². The van der Waals surface area contributed by atoms with Gasteiger partial charge < -0.3 is 15.0 Å². The molecule has 5 nitrogen and oxygen atoms in total. The smallest absolute Gasteiger partial charge is 0.246 e. The molecule has 1 aromatic heterocycles. The van der Waals surface area contributed by atoms with E-state index < -0.39 is 0 Å². The third-order valence-electron chi connectivity index (χ3n) is 8.22. The summed E-state index contributed by atoms with van der Waals surface area (Å²) in [5, 5.41) is 4.27. The van der Waals surface area contributed by atoms with E-state index in [-0.39, 0.29) is 18.3 Å². The van der Waals surface area contributed by atoms with Crippen LogP contribution in [-0.4, -0.2) is 41.5 Å². The van der Waals surface area contributed by atoms with E-state index in [0.29, 0.717) is 19.2 Å². The summed E-state index contributed by atoms with van der Waals surface area (Å²) in [4.78, 5) is 18.2. The monoisotopic (exact) mass is 555 g/mol. The number of aryl methyl sites for hydroxylation is 1. The van der Waals surface area contributed by atoms with Crippen LogP contribution in [0.25, 0.3) is 10.9 Å². The number of aromatic amines is 1. The molecule has 1 fully saturated rings. The molecule has 41 heavy (non-hydrogen) atoms. The number of hydrogen-bond acceptors (Lipinski definition) is 3. The van der Waals surface area contributed by atoms with Gasteiger partial charge in [0.05, 0.1) is 6.61 Å². The molecule has 0 bridgehead atoms. The molecule has 0 atom stereocenters. The molecule has 1 aliphatic carbocycles. The Morgan fingerprint density at radius 3 is 2.44 bits per heavy atom. The molecule has 0 saturated heterocycles. The third kappa shape index (κ3) is 8.75. The molecular formula is C35H42FN3O2. The quantitative estimate of drug-likeness (QED) is 0.166. The van der Waals surface area contributed by atoms with Crippen molar-refractivity contribution in [2.45, 2.75) is 70.6 Å². The molecule has 1 aliphatic rings. The molecule has 5 rings (SSSR count). The molecular weight excluding hydrogens is 513 g/mol. The fourth-order valence-corrected chi connectivity index (χ4v) is 5.90. The van der Waals surface area contributed by atoms with E-state index in [4.69, 9.17) is 4.74 Å². The summed E-state index contributed by atoms with van der Waals surface area (Å²) < 4.78 is 18.4. The number of carbonyl (C=O) groups is 1. The Kier molecular flexibility index (Phi) is 10.6. The molecule has 4 aromatic rings. The van der Waals surface area contributed by atoms with Crippen molar-refractivity contribution in [3.05, 3.63) is 107 Å². The molecule has 1 heterocycles. The van der Waals surface area contributed by atoms with Crippen molar-refractivity contribution in [1.29, 1.82) is 0 Å². The van der Waals surface area contributed by atoms with E-state index in [0.717, 1.165) is 37.9 Å². The number of para-hydroxylation sites is 1. The number of benzene rings is 3. The molecule has 0 spiro atoms. The fraction of sp³-hybridized carbons (Fsp3) is 0.400. The average molecular weight is 556 g/mol. The maximum Gasteiger partial charge on any atom is 0.246 e. The second-order valence-corrected chi connectivity index (χ2v) is 11.3. The number of H-pyrrole nitrogens is 1. The van der Waals surface area contributed by atoms with Crippen molar-refractivity contribution >= 4 is 16.8 Å². The topological polar surface area (TPSA) is 57.4 Å². The lowest BCUT2D eigenvalue weighted by Crippen LogP contribution is -2.37. The zero-order valence-electron chi connectivity index (χ0n) is 23.9. The highest BCUT2D eigenvalue weighted by molar-refractivity contribution is 5.83. The Balaban J connectivity index is 1.05. The molecule has 1 saturated carbocycles. The number of carbonyl (C=O) groups excluding carboxylic acids is 1. The van der Waals surface area contributed by atoms with Crippen molar-refractivity contribution in [3.63, 3.8) is 0 Å². The molecule has 1 amide bonds. The van der Waals surface area contributed by atoms with Crippen LogP contribution in [0.2, 0.25) is 0 Å². The SMILES string of the molecule is O=C(COCc1ccc(F)cc1)NCCCc1ccc(CN(CCc2c[nH]c3ccccc23)C2CCCCC2)cc1. The number of halogens is 1. The summed E-state index contributed by atoms with van der Waals surface area (Å²) in [5.41, 5.74) is 6.13. The van der Waals surface area contributed by atoms with Crippen molar-refractivity contribution in [2.24, 2.45) is 0 Å². The molecule has 216 valence electrons. The minimum absolute atomic E-state index is 0.00384. The number of rotatable bonds is 14. The zero-order valence-corrected chi connectivity index (χ0v) is 23.9. The van der Waals surface area contributed by atoms with E-state index in [1.165, 1.54) is 71.8 Å². The zero-order chi connectivity index (χ0) is 28.3. The van der Waals surface area contributed by atoms with Crippen LogP contribution in [0.5, 0.6) is 0 Å². The average Bonchev–Trinajstić information content (AvgIpc) is 3.43. The van der Waals surface area contributed by atoms with Gasteiger partial charge in [0.2, 0.25) is 5.91 Å². The summed E-state index contributed by atoms with van der Waals surface area (Å²) in [6.07, 6.45) is 11.7. The maximum absolute atomic E-state index is 13.0. The van der Waals surface area contributed by atoms with E-state index in [9.17, 15) is 9.18 Å².